The molecule has 4 atom stereocenters. The molecule has 104 valence electrons. The van der Waals surface area contributed by atoms with Gasteiger partial charge in [-0.1, -0.05) is 19.1 Å². The van der Waals surface area contributed by atoms with Crippen molar-refractivity contribution in [2.75, 3.05) is 7.11 Å². The fourth-order valence-electron chi connectivity index (χ4n) is 4.09. The molecule has 3 aliphatic rings. The Morgan fingerprint density at radius 3 is 2.95 bits per heavy atom. The van der Waals surface area contributed by atoms with Crippen molar-refractivity contribution >= 4 is 5.97 Å². The molecule has 0 aromatic rings. The van der Waals surface area contributed by atoms with Gasteiger partial charge in [-0.25, -0.2) is 4.79 Å². The number of hydrogen-bond acceptors (Lipinski definition) is 3. The van der Waals surface area contributed by atoms with Gasteiger partial charge in [-0.2, -0.15) is 0 Å². The van der Waals surface area contributed by atoms with Gasteiger partial charge in [0.1, 0.15) is 6.10 Å². The monoisotopic (exact) mass is 262 g/mol. The molecule has 3 nitrogen and oxygen atoms in total. The van der Waals surface area contributed by atoms with Crippen LogP contribution >= 0.6 is 0 Å². The molecule has 0 spiro atoms. The Balaban J connectivity index is 1.95. The Bertz CT molecular complexity index is 476. The number of rotatable bonds is 1. The van der Waals surface area contributed by atoms with Crippen LogP contribution in [0.15, 0.2) is 23.3 Å². The molecule has 2 saturated carbocycles. The van der Waals surface area contributed by atoms with Crippen LogP contribution in [0.25, 0.3) is 0 Å². The first-order valence-electron chi connectivity index (χ1n) is 7.10. The number of ether oxygens (including phenoxy) is 2. The van der Waals surface area contributed by atoms with Crippen molar-refractivity contribution in [2.24, 2.45) is 11.3 Å². The van der Waals surface area contributed by atoms with Crippen LogP contribution in [-0.4, -0.2) is 25.3 Å². The van der Waals surface area contributed by atoms with Crippen molar-refractivity contribution in [1.29, 1.82) is 0 Å². The van der Waals surface area contributed by atoms with Crippen LogP contribution in [-0.2, 0) is 14.3 Å². The predicted molar refractivity (Wildman–Crippen MR) is 72.6 cm³/mol. The molecule has 0 bridgehead atoms. The normalized spacial score (nSPS) is 43.1. The van der Waals surface area contributed by atoms with Crippen LogP contribution in [0.3, 0.4) is 0 Å². The lowest BCUT2D eigenvalue weighted by Crippen LogP contribution is -2.42. The summed E-state index contributed by atoms with van der Waals surface area (Å²) in [7, 11) is 1.43. The van der Waals surface area contributed by atoms with Crippen LogP contribution in [0, 0.1) is 11.3 Å². The van der Waals surface area contributed by atoms with Gasteiger partial charge in [0.25, 0.3) is 0 Å². The third-order valence-corrected chi connectivity index (χ3v) is 5.38. The van der Waals surface area contributed by atoms with E-state index in [0.29, 0.717) is 5.92 Å². The lowest BCUT2D eigenvalue weighted by atomic mass is 9.58. The number of allylic oxidation sites excluding steroid dienone is 1. The maximum Gasteiger partial charge on any atom is 0.333 e. The number of epoxide rings is 1. The van der Waals surface area contributed by atoms with Crippen LogP contribution in [0.5, 0.6) is 0 Å². The average Bonchev–Trinajstić information content (AvgIpc) is 3.18. The van der Waals surface area contributed by atoms with Gasteiger partial charge in [0.2, 0.25) is 0 Å². The maximum absolute atomic E-state index is 11.7. The third-order valence-electron chi connectivity index (χ3n) is 5.38. The first-order valence-corrected chi connectivity index (χ1v) is 7.10. The summed E-state index contributed by atoms with van der Waals surface area (Å²) in [6, 6.07) is 0. The maximum atomic E-state index is 11.7. The quantitative estimate of drug-likeness (QED) is 0.315. The molecule has 2 aliphatic carbocycles. The van der Waals surface area contributed by atoms with Crippen molar-refractivity contribution in [3.05, 3.63) is 23.3 Å². The van der Waals surface area contributed by atoms with Gasteiger partial charge in [0.05, 0.1) is 13.2 Å². The molecule has 0 aromatic heterocycles. The van der Waals surface area contributed by atoms with Gasteiger partial charge in [-0.15, -0.1) is 0 Å². The Labute approximate surface area is 114 Å². The van der Waals surface area contributed by atoms with E-state index in [4.69, 9.17) is 9.47 Å². The summed E-state index contributed by atoms with van der Waals surface area (Å²) >= 11 is 0. The number of methoxy groups -OCH3 is 1. The van der Waals surface area contributed by atoms with E-state index < -0.39 is 0 Å². The smallest absolute Gasteiger partial charge is 0.333 e. The molecule has 19 heavy (non-hydrogen) atoms. The number of carbonyl (C=O) groups excluding carboxylic acids is 1. The number of carbonyl (C=O) groups is 1. The fraction of sp³-hybridized carbons (Fsp3) is 0.688. The van der Waals surface area contributed by atoms with Crippen LogP contribution in [0.4, 0.5) is 0 Å². The first kappa shape index (κ1) is 12.9. The Morgan fingerprint density at radius 1 is 1.53 bits per heavy atom. The lowest BCUT2D eigenvalue weighted by molar-refractivity contribution is -0.136. The zero-order chi connectivity index (χ0) is 13.8. The highest BCUT2D eigenvalue weighted by Crippen LogP contribution is 2.61. The minimum atomic E-state index is -0.228. The Hall–Kier alpha value is -1.09. The molecule has 0 N–H and O–H groups in total. The van der Waals surface area contributed by atoms with E-state index in [2.05, 4.69) is 13.5 Å². The molecule has 3 fully saturated rings. The second-order valence-corrected chi connectivity index (χ2v) is 6.39. The summed E-state index contributed by atoms with van der Waals surface area (Å²) in [6.07, 6.45) is 4.87. The summed E-state index contributed by atoms with van der Waals surface area (Å²) in [5.74, 6) is 0.230. The summed E-state index contributed by atoms with van der Waals surface area (Å²) < 4.78 is 10.8. The molecule has 1 aliphatic heterocycles. The van der Waals surface area contributed by atoms with Crippen molar-refractivity contribution in [1.82, 2.24) is 0 Å². The van der Waals surface area contributed by atoms with Gasteiger partial charge >= 0.3 is 5.97 Å². The van der Waals surface area contributed by atoms with Gasteiger partial charge in [0.15, 0.2) is 0 Å². The highest BCUT2D eigenvalue weighted by atomic mass is 16.6. The molecular formula is C16H22O3. The number of fused-ring (bicyclic) bond motifs is 3. The average molecular weight is 262 g/mol. The van der Waals surface area contributed by atoms with E-state index in [1.807, 2.05) is 6.92 Å². The van der Waals surface area contributed by atoms with Crippen molar-refractivity contribution in [3.63, 3.8) is 0 Å². The first-order chi connectivity index (χ1) is 8.99. The predicted octanol–water partition coefficient (Wildman–Crippen LogP) is 3.01. The van der Waals surface area contributed by atoms with Gasteiger partial charge < -0.3 is 9.47 Å². The van der Waals surface area contributed by atoms with Gasteiger partial charge in [-0.05, 0) is 44.1 Å². The highest BCUT2D eigenvalue weighted by molar-refractivity contribution is 5.89. The van der Waals surface area contributed by atoms with Crippen molar-refractivity contribution < 1.29 is 14.3 Å². The molecule has 1 saturated heterocycles. The summed E-state index contributed by atoms with van der Waals surface area (Å²) in [4.78, 5) is 11.7. The molecule has 0 amide bonds. The van der Waals surface area contributed by atoms with E-state index in [1.165, 1.54) is 25.5 Å². The van der Waals surface area contributed by atoms with E-state index >= 15 is 0 Å². The van der Waals surface area contributed by atoms with Crippen molar-refractivity contribution in [2.45, 2.75) is 51.7 Å². The summed E-state index contributed by atoms with van der Waals surface area (Å²) in [6.45, 7) is 8.45. The SMILES string of the molecule is C=C1CCC[C@]2(C)[C@@H]3O[C@@H]3/C(=C(\C)C(=O)OC)C[C@@H]12. The Morgan fingerprint density at radius 2 is 2.26 bits per heavy atom. The number of hydrogen-bond donors (Lipinski definition) is 0. The van der Waals surface area contributed by atoms with E-state index in [0.717, 1.165) is 24.0 Å². The van der Waals surface area contributed by atoms with E-state index in [9.17, 15) is 4.79 Å². The van der Waals surface area contributed by atoms with Gasteiger partial charge in [0, 0.05) is 11.0 Å². The lowest BCUT2D eigenvalue weighted by Gasteiger charge is -2.45. The van der Waals surface area contributed by atoms with Crippen LogP contribution in [0.1, 0.15) is 39.5 Å². The molecule has 0 aromatic carbocycles. The Kier molecular flexibility index (Phi) is 2.86. The minimum Gasteiger partial charge on any atom is -0.466 e. The summed E-state index contributed by atoms with van der Waals surface area (Å²) in [5.41, 5.74) is 3.43. The minimum absolute atomic E-state index is 0.145. The van der Waals surface area contributed by atoms with Gasteiger partial charge in [-0.3, -0.25) is 0 Å². The standard InChI is InChI=1S/C16H22O3/c1-9-6-5-7-16(3)12(9)8-11(13-14(16)19-13)10(2)15(17)18-4/h12-14H,1,5-8H2,2-4H3/b11-10+/t12-,13+,14+,16-/m0/s1. The second kappa shape index (κ2) is 4.20. The molecule has 0 unspecified atom stereocenters. The highest BCUT2D eigenvalue weighted by Gasteiger charge is 2.62. The topological polar surface area (TPSA) is 38.8 Å². The fourth-order valence-corrected chi connectivity index (χ4v) is 4.09. The second-order valence-electron chi connectivity index (χ2n) is 6.39. The summed E-state index contributed by atoms with van der Waals surface area (Å²) in [5, 5.41) is 0. The zero-order valence-electron chi connectivity index (χ0n) is 12.0. The zero-order valence-corrected chi connectivity index (χ0v) is 12.0. The van der Waals surface area contributed by atoms with E-state index in [1.54, 1.807) is 0 Å². The van der Waals surface area contributed by atoms with Crippen LogP contribution in [0.2, 0.25) is 0 Å². The molecule has 1 heterocycles. The largest absolute Gasteiger partial charge is 0.466 e. The van der Waals surface area contributed by atoms with Crippen LogP contribution < -0.4 is 0 Å². The molecule has 3 heteroatoms. The molecule has 3 rings (SSSR count). The number of esters is 1. The molecule has 0 radical (unpaired) electrons. The molecular weight excluding hydrogens is 240 g/mol. The third kappa shape index (κ3) is 1.78. The van der Waals surface area contributed by atoms with E-state index in [-0.39, 0.29) is 23.6 Å². The van der Waals surface area contributed by atoms with Crippen molar-refractivity contribution in [3.8, 4) is 0 Å².